The minimum Gasteiger partial charge on any atom is -0.503 e. The molecule has 1 saturated carbocycles. The number of carbonyl (C=O) groups excluding carboxylic acids is 1. The minimum atomic E-state index is -0.114. The first-order valence-corrected chi connectivity index (χ1v) is 9.12. The lowest BCUT2D eigenvalue weighted by molar-refractivity contribution is -0.124. The Kier molecular flexibility index (Phi) is 5.20. The van der Waals surface area contributed by atoms with Crippen molar-refractivity contribution in [1.82, 2.24) is 9.80 Å². The Balaban J connectivity index is 1.94. The van der Waals surface area contributed by atoms with Crippen LogP contribution in [0, 0.1) is 0 Å². The van der Waals surface area contributed by atoms with Gasteiger partial charge in [0.25, 0.3) is 5.91 Å². The number of hydrogen-bond donors (Lipinski definition) is 1. The lowest BCUT2D eigenvalue weighted by Gasteiger charge is -2.30. The van der Waals surface area contributed by atoms with Gasteiger partial charge < -0.3 is 14.7 Å². The van der Waals surface area contributed by atoms with E-state index in [-0.39, 0.29) is 28.5 Å². The maximum absolute atomic E-state index is 13.0. The van der Waals surface area contributed by atoms with Crippen molar-refractivity contribution in [3.05, 3.63) is 28.4 Å². The first kappa shape index (κ1) is 18.0. The normalized spacial score (nSPS) is 20.7. The molecule has 0 spiro atoms. The van der Waals surface area contributed by atoms with E-state index in [4.69, 9.17) is 28.6 Å². The maximum atomic E-state index is 13.0. The van der Waals surface area contributed by atoms with Gasteiger partial charge in [-0.3, -0.25) is 9.69 Å². The summed E-state index contributed by atoms with van der Waals surface area (Å²) in [5, 5.41) is 10.6. The topological polar surface area (TPSA) is 53.0 Å². The molecule has 1 aromatic rings. The van der Waals surface area contributed by atoms with Gasteiger partial charge in [0.05, 0.1) is 12.1 Å². The van der Waals surface area contributed by atoms with Crippen LogP contribution < -0.4 is 4.74 Å². The maximum Gasteiger partial charge on any atom is 0.277 e. The number of carbonyl (C=O) groups is 1. The molecule has 2 aliphatic rings. The Morgan fingerprint density at radius 2 is 2.00 bits per heavy atom. The highest BCUT2D eigenvalue weighted by atomic mass is 35.5. The molecule has 1 saturated heterocycles. The first-order chi connectivity index (χ1) is 11.9. The van der Waals surface area contributed by atoms with E-state index in [1.54, 1.807) is 35.1 Å². The zero-order chi connectivity index (χ0) is 18.1. The fourth-order valence-electron chi connectivity index (χ4n) is 3.43. The number of aromatic hydroxyl groups is 1. The monoisotopic (exact) mass is 380 g/mol. The SMILES string of the molecule is COc1cc(/C=C2/C(=O)N(C3CCCCC3)C(=S)N2C)cc(Cl)c1O. The van der Waals surface area contributed by atoms with Gasteiger partial charge in [0, 0.05) is 13.1 Å². The van der Waals surface area contributed by atoms with Crippen molar-refractivity contribution in [2.45, 2.75) is 38.1 Å². The molecule has 0 atom stereocenters. The van der Waals surface area contributed by atoms with Crippen molar-refractivity contribution >= 4 is 40.9 Å². The highest BCUT2D eigenvalue weighted by Crippen LogP contribution is 2.36. The van der Waals surface area contributed by atoms with Crippen LogP contribution in [0.25, 0.3) is 6.08 Å². The van der Waals surface area contributed by atoms with Crippen molar-refractivity contribution in [2.24, 2.45) is 0 Å². The highest BCUT2D eigenvalue weighted by molar-refractivity contribution is 7.80. The Bertz CT molecular complexity index is 744. The van der Waals surface area contributed by atoms with Gasteiger partial charge in [-0.05, 0) is 48.8 Å². The summed E-state index contributed by atoms with van der Waals surface area (Å²) in [6, 6.07) is 3.42. The fourth-order valence-corrected chi connectivity index (χ4v) is 3.98. The molecule has 1 aromatic carbocycles. The van der Waals surface area contributed by atoms with Crippen LogP contribution in [0.1, 0.15) is 37.7 Å². The van der Waals surface area contributed by atoms with E-state index in [2.05, 4.69) is 0 Å². The van der Waals surface area contributed by atoms with Crippen LogP contribution in [0.3, 0.4) is 0 Å². The van der Waals surface area contributed by atoms with Crippen molar-refractivity contribution in [2.75, 3.05) is 14.2 Å². The second kappa shape index (κ2) is 7.22. The average molecular weight is 381 g/mol. The third-order valence-corrected chi connectivity index (χ3v) is 5.56. The number of ether oxygens (including phenoxy) is 1. The molecule has 0 unspecified atom stereocenters. The van der Waals surface area contributed by atoms with Gasteiger partial charge in [-0.15, -0.1) is 0 Å². The number of phenolic OH excluding ortho intramolecular Hbond substituents is 1. The molecule has 1 amide bonds. The van der Waals surface area contributed by atoms with E-state index < -0.39 is 0 Å². The Morgan fingerprint density at radius 1 is 1.32 bits per heavy atom. The molecular formula is C18H21ClN2O3S. The highest BCUT2D eigenvalue weighted by Gasteiger charge is 2.40. The Hall–Kier alpha value is -1.79. The third kappa shape index (κ3) is 3.33. The lowest BCUT2D eigenvalue weighted by Crippen LogP contribution is -2.41. The predicted molar refractivity (Wildman–Crippen MR) is 102 cm³/mol. The summed E-state index contributed by atoms with van der Waals surface area (Å²) in [5.41, 5.74) is 1.17. The number of halogens is 1. The lowest BCUT2D eigenvalue weighted by atomic mass is 9.94. The average Bonchev–Trinajstić information content (AvgIpc) is 2.82. The summed E-state index contributed by atoms with van der Waals surface area (Å²) in [4.78, 5) is 16.4. The summed E-state index contributed by atoms with van der Waals surface area (Å²) in [6.07, 6.45) is 7.19. The van der Waals surface area contributed by atoms with Gasteiger partial charge in [0.15, 0.2) is 16.6 Å². The van der Waals surface area contributed by atoms with Gasteiger partial charge in [0.2, 0.25) is 0 Å². The predicted octanol–water partition coefficient (Wildman–Crippen LogP) is 3.79. The number of phenols is 1. The van der Waals surface area contributed by atoms with Gasteiger partial charge in [0.1, 0.15) is 5.70 Å². The molecular weight excluding hydrogens is 360 g/mol. The molecule has 2 fully saturated rings. The molecule has 5 nitrogen and oxygen atoms in total. The summed E-state index contributed by atoms with van der Waals surface area (Å²) < 4.78 is 5.12. The van der Waals surface area contributed by atoms with Crippen LogP contribution in [0.5, 0.6) is 11.5 Å². The third-order valence-electron chi connectivity index (χ3n) is 4.81. The van der Waals surface area contributed by atoms with Crippen LogP contribution in [0.2, 0.25) is 5.02 Å². The smallest absolute Gasteiger partial charge is 0.277 e. The second-order valence-corrected chi connectivity index (χ2v) is 7.16. The first-order valence-electron chi connectivity index (χ1n) is 8.33. The number of methoxy groups -OCH3 is 1. The summed E-state index contributed by atoms with van der Waals surface area (Å²) in [5.74, 6) is 0.0681. The van der Waals surface area contributed by atoms with Crippen LogP contribution in [0.15, 0.2) is 17.8 Å². The standard InChI is InChI=1S/C18H21ClN2O3S/c1-20-14(9-11-8-13(19)16(22)15(10-11)24-2)17(23)21(18(20)25)12-6-4-3-5-7-12/h8-10,12,22H,3-7H2,1-2H3/b14-9-. The van der Waals surface area contributed by atoms with Crippen LogP contribution in [0.4, 0.5) is 0 Å². The van der Waals surface area contributed by atoms with Crippen molar-refractivity contribution in [3.63, 3.8) is 0 Å². The minimum absolute atomic E-state index is 0.0810. The van der Waals surface area contributed by atoms with Crippen molar-refractivity contribution < 1.29 is 14.6 Å². The molecule has 0 radical (unpaired) electrons. The number of likely N-dealkylation sites (N-methyl/N-ethyl adjacent to an activating group) is 1. The number of hydrogen-bond acceptors (Lipinski definition) is 4. The van der Waals surface area contributed by atoms with E-state index >= 15 is 0 Å². The molecule has 1 aliphatic heterocycles. The molecule has 1 aliphatic carbocycles. The van der Waals surface area contributed by atoms with Gasteiger partial charge in [-0.25, -0.2) is 0 Å². The molecule has 0 bridgehead atoms. The van der Waals surface area contributed by atoms with E-state index in [0.29, 0.717) is 16.4 Å². The number of amides is 1. The molecule has 1 heterocycles. The molecule has 7 heteroatoms. The van der Waals surface area contributed by atoms with E-state index in [1.807, 2.05) is 0 Å². The largest absolute Gasteiger partial charge is 0.503 e. The summed E-state index contributed by atoms with van der Waals surface area (Å²) in [7, 11) is 3.25. The van der Waals surface area contributed by atoms with Crippen molar-refractivity contribution in [3.8, 4) is 11.5 Å². The summed E-state index contributed by atoms with van der Waals surface area (Å²) in [6.45, 7) is 0. The Labute approximate surface area is 157 Å². The van der Waals surface area contributed by atoms with Crippen LogP contribution in [-0.2, 0) is 4.79 Å². The fraction of sp³-hybridized carbons (Fsp3) is 0.444. The second-order valence-electron chi connectivity index (χ2n) is 6.39. The van der Waals surface area contributed by atoms with Gasteiger partial charge >= 0.3 is 0 Å². The number of rotatable bonds is 3. The number of thiocarbonyl (C=S) groups is 1. The van der Waals surface area contributed by atoms with Crippen LogP contribution >= 0.6 is 23.8 Å². The van der Waals surface area contributed by atoms with Gasteiger partial charge in [-0.1, -0.05) is 30.9 Å². The zero-order valence-electron chi connectivity index (χ0n) is 14.3. The van der Waals surface area contributed by atoms with E-state index in [1.165, 1.54) is 13.5 Å². The van der Waals surface area contributed by atoms with E-state index in [0.717, 1.165) is 25.7 Å². The molecule has 134 valence electrons. The van der Waals surface area contributed by atoms with E-state index in [9.17, 15) is 9.90 Å². The summed E-state index contributed by atoms with van der Waals surface area (Å²) >= 11 is 11.6. The van der Waals surface area contributed by atoms with Gasteiger partial charge in [-0.2, -0.15) is 0 Å². The zero-order valence-corrected chi connectivity index (χ0v) is 15.9. The molecule has 1 N–H and O–H groups in total. The Morgan fingerprint density at radius 3 is 2.64 bits per heavy atom. The van der Waals surface area contributed by atoms with Crippen LogP contribution in [-0.4, -0.2) is 46.1 Å². The number of nitrogens with zero attached hydrogens (tertiary/aromatic N) is 2. The molecule has 0 aromatic heterocycles. The molecule has 25 heavy (non-hydrogen) atoms. The molecule has 3 rings (SSSR count). The quantitative estimate of drug-likeness (QED) is 0.638. The number of benzene rings is 1. The van der Waals surface area contributed by atoms with Crippen molar-refractivity contribution in [1.29, 1.82) is 0 Å².